The van der Waals surface area contributed by atoms with Crippen molar-refractivity contribution in [2.24, 2.45) is 0 Å². The molecule has 0 amide bonds. The SMILES string of the molecule is c1ccc(-c2ccc3c(c2)oc2cc(-c4nc(-c5ccccc5)nc(-c5cccc6oc7cccc(-n8c9ccccc9c9c(-c%10ccccc%10)cccc98)c7c56)n4)ccc23)cc1. The van der Waals surface area contributed by atoms with E-state index in [-0.39, 0.29) is 0 Å². The minimum Gasteiger partial charge on any atom is -0.456 e. The van der Waals surface area contributed by atoms with Gasteiger partial charge in [-0.2, -0.15) is 0 Å². The van der Waals surface area contributed by atoms with Crippen LogP contribution >= 0.6 is 0 Å². The second-order valence-electron chi connectivity index (χ2n) is 15.9. The third-order valence-corrected chi connectivity index (χ3v) is 12.3. The van der Waals surface area contributed by atoms with Crippen LogP contribution < -0.4 is 0 Å². The summed E-state index contributed by atoms with van der Waals surface area (Å²) in [6.07, 6.45) is 0. The van der Waals surface area contributed by atoms with Gasteiger partial charge in [-0.1, -0.05) is 152 Å². The van der Waals surface area contributed by atoms with Crippen LogP contribution in [0.2, 0.25) is 0 Å². The minimum atomic E-state index is 0.548. The largest absolute Gasteiger partial charge is 0.456 e. The van der Waals surface area contributed by atoms with Crippen LogP contribution in [-0.2, 0) is 0 Å². The van der Waals surface area contributed by atoms with Gasteiger partial charge >= 0.3 is 0 Å². The zero-order valence-electron chi connectivity index (χ0n) is 33.7. The van der Waals surface area contributed by atoms with Crippen molar-refractivity contribution in [3.63, 3.8) is 0 Å². The van der Waals surface area contributed by atoms with Crippen molar-refractivity contribution >= 4 is 65.7 Å². The van der Waals surface area contributed by atoms with Crippen molar-refractivity contribution in [2.45, 2.75) is 0 Å². The van der Waals surface area contributed by atoms with Crippen molar-refractivity contribution in [2.75, 3.05) is 0 Å². The van der Waals surface area contributed by atoms with Crippen LogP contribution in [0.15, 0.2) is 215 Å². The van der Waals surface area contributed by atoms with Crippen LogP contribution in [0, 0.1) is 0 Å². The lowest BCUT2D eigenvalue weighted by Gasteiger charge is -2.12. The normalized spacial score (nSPS) is 11.8. The molecule has 4 heterocycles. The van der Waals surface area contributed by atoms with E-state index in [1.165, 1.54) is 21.9 Å². The Morgan fingerprint density at radius 1 is 0.302 bits per heavy atom. The Morgan fingerprint density at radius 2 is 0.841 bits per heavy atom. The molecule has 0 aliphatic rings. The van der Waals surface area contributed by atoms with Crippen LogP contribution in [0.4, 0.5) is 0 Å². The second-order valence-corrected chi connectivity index (χ2v) is 15.9. The summed E-state index contributed by atoms with van der Waals surface area (Å²) in [7, 11) is 0. The molecule has 6 nitrogen and oxygen atoms in total. The molecular weight excluding hydrogens is 773 g/mol. The number of hydrogen-bond donors (Lipinski definition) is 0. The van der Waals surface area contributed by atoms with Gasteiger partial charge in [-0.15, -0.1) is 0 Å². The molecule has 0 saturated carbocycles. The first-order valence-corrected chi connectivity index (χ1v) is 21.1. The zero-order chi connectivity index (χ0) is 41.4. The van der Waals surface area contributed by atoms with Crippen LogP contribution in [0.3, 0.4) is 0 Å². The number of furan rings is 2. The molecule has 0 N–H and O–H groups in total. The number of hydrogen-bond acceptors (Lipinski definition) is 5. The number of benzene rings is 9. The first kappa shape index (κ1) is 35.2. The van der Waals surface area contributed by atoms with E-state index >= 15 is 0 Å². The van der Waals surface area contributed by atoms with Crippen LogP contribution in [-0.4, -0.2) is 19.5 Å². The molecule has 0 bridgehead atoms. The van der Waals surface area contributed by atoms with E-state index in [1.54, 1.807) is 0 Å². The van der Waals surface area contributed by atoms with Gasteiger partial charge in [0.15, 0.2) is 17.5 Å². The Kier molecular flexibility index (Phi) is 7.80. The molecule has 4 aromatic heterocycles. The van der Waals surface area contributed by atoms with Crippen molar-refractivity contribution in [1.29, 1.82) is 0 Å². The monoisotopic (exact) mass is 806 g/mol. The van der Waals surface area contributed by atoms with Gasteiger partial charge in [-0.3, -0.25) is 0 Å². The molecule has 0 atom stereocenters. The molecule has 0 unspecified atom stereocenters. The van der Waals surface area contributed by atoms with E-state index in [0.717, 1.165) is 88.4 Å². The highest BCUT2D eigenvalue weighted by atomic mass is 16.3. The number of fused-ring (bicyclic) bond motifs is 9. The fraction of sp³-hybridized carbons (Fsp3) is 0. The molecular formula is C57H34N4O2. The quantitative estimate of drug-likeness (QED) is 0.167. The smallest absolute Gasteiger partial charge is 0.164 e. The van der Waals surface area contributed by atoms with Gasteiger partial charge < -0.3 is 13.4 Å². The van der Waals surface area contributed by atoms with Crippen molar-refractivity contribution in [1.82, 2.24) is 19.5 Å². The summed E-state index contributed by atoms with van der Waals surface area (Å²) in [6.45, 7) is 0. The molecule has 13 aromatic rings. The van der Waals surface area contributed by atoms with E-state index < -0.39 is 0 Å². The molecule has 63 heavy (non-hydrogen) atoms. The first-order valence-electron chi connectivity index (χ1n) is 21.1. The lowest BCUT2D eigenvalue weighted by atomic mass is 9.99. The van der Waals surface area contributed by atoms with Gasteiger partial charge in [-0.05, 0) is 76.9 Å². The van der Waals surface area contributed by atoms with Gasteiger partial charge in [0.1, 0.15) is 22.3 Å². The molecule has 13 rings (SSSR count). The highest BCUT2D eigenvalue weighted by Crippen LogP contribution is 2.44. The molecule has 0 saturated heterocycles. The fourth-order valence-corrected chi connectivity index (χ4v) is 9.43. The number of para-hydroxylation sites is 1. The topological polar surface area (TPSA) is 69.9 Å². The predicted octanol–water partition coefficient (Wildman–Crippen LogP) is 15.1. The maximum Gasteiger partial charge on any atom is 0.164 e. The molecule has 0 aliphatic heterocycles. The van der Waals surface area contributed by atoms with Gasteiger partial charge in [0.05, 0.1) is 22.1 Å². The van der Waals surface area contributed by atoms with E-state index in [1.807, 2.05) is 60.7 Å². The summed E-state index contributed by atoms with van der Waals surface area (Å²) in [4.78, 5) is 15.6. The first-order chi connectivity index (χ1) is 31.2. The average Bonchev–Trinajstić information content (AvgIpc) is 4.04. The van der Waals surface area contributed by atoms with Crippen molar-refractivity contribution in [3.05, 3.63) is 206 Å². The molecule has 9 aromatic carbocycles. The van der Waals surface area contributed by atoms with Gasteiger partial charge in [0, 0.05) is 43.6 Å². The third-order valence-electron chi connectivity index (χ3n) is 12.3. The zero-order valence-corrected chi connectivity index (χ0v) is 33.7. The highest BCUT2D eigenvalue weighted by molar-refractivity contribution is 6.20. The third kappa shape index (κ3) is 5.62. The summed E-state index contributed by atoms with van der Waals surface area (Å²) in [5, 5.41) is 6.41. The Labute approximate surface area is 361 Å². The summed E-state index contributed by atoms with van der Waals surface area (Å²) in [6, 6.07) is 71.4. The minimum absolute atomic E-state index is 0.548. The second kappa shape index (κ2) is 14.0. The van der Waals surface area contributed by atoms with E-state index in [4.69, 9.17) is 23.8 Å². The summed E-state index contributed by atoms with van der Waals surface area (Å²) < 4.78 is 15.7. The fourth-order valence-electron chi connectivity index (χ4n) is 9.43. The lowest BCUT2D eigenvalue weighted by molar-refractivity contribution is 0.668. The summed E-state index contributed by atoms with van der Waals surface area (Å²) in [5.41, 5.74) is 13.6. The van der Waals surface area contributed by atoms with Crippen LogP contribution in [0.5, 0.6) is 0 Å². The molecule has 0 aliphatic carbocycles. The van der Waals surface area contributed by atoms with Gasteiger partial charge in [0.2, 0.25) is 0 Å². The molecule has 0 radical (unpaired) electrons. The van der Waals surface area contributed by atoms with Crippen LogP contribution in [0.25, 0.3) is 128 Å². The number of rotatable bonds is 6. The Morgan fingerprint density at radius 3 is 1.60 bits per heavy atom. The highest BCUT2D eigenvalue weighted by Gasteiger charge is 2.23. The number of nitrogens with zero attached hydrogens (tertiary/aromatic N) is 4. The Bertz CT molecular complexity index is 3900. The predicted molar refractivity (Wildman–Crippen MR) is 256 cm³/mol. The Hall–Kier alpha value is -8.61. The maximum atomic E-state index is 6.72. The van der Waals surface area contributed by atoms with Crippen LogP contribution in [0.1, 0.15) is 0 Å². The molecule has 6 heteroatoms. The van der Waals surface area contributed by atoms with Gasteiger partial charge in [-0.25, -0.2) is 15.0 Å². The van der Waals surface area contributed by atoms with E-state index in [9.17, 15) is 0 Å². The van der Waals surface area contributed by atoms with E-state index in [2.05, 4.69) is 150 Å². The molecule has 0 spiro atoms. The lowest BCUT2D eigenvalue weighted by Crippen LogP contribution is -2.00. The van der Waals surface area contributed by atoms with Crippen molar-refractivity contribution < 1.29 is 8.83 Å². The standard InChI is InChI=1S/C57H34N4O2/c1-4-15-35(16-5-1)38-29-31-41-42-32-30-39(34-51(42)63-50(41)33-38)56-58-55(37-19-8-3-9-20-37)59-57(60-56)44-23-13-27-48-53(44)54-47(26-14-28-49(54)62-48)61-45-24-11-10-21-43(45)52-40(22-12-25-46(52)61)36-17-6-2-7-18-36/h1-34H. The average molecular weight is 807 g/mol. The van der Waals surface area contributed by atoms with Crippen molar-refractivity contribution in [3.8, 4) is 62.1 Å². The summed E-state index contributed by atoms with van der Waals surface area (Å²) >= 11 is 0. The summed E-state index contributed by atoms with van der Waals surface area (Å²) in [5.74, 6) is 1.67. The molecule has 0 fully saturated rings. The van der Waals surface area contributed by atoms with Gasteiger partial charge in [0.25, 0.3) is 0 Å². The van der Waals surface area contributed by atoms with E-state index in [0.29, 0.717) is 17.5 Å². The number of aromatic nitrogens is 4. The molecule has 294 valence electrons. The maximum absolute atomic E-state index is 6.72. The Balaban J connectivity index is 1.03.